The third kappa shape index (κ3) is 4.39. The lowest BCUT2D eigenvalue weighted by molar-refractivity contribution is 0.0705. The van der Waals surface area contributed by atoms with Crippen molar-refractivity contribution in [2.24, 2.45) is 0 Å². The van der Waals surface area contributed by atoms with Gasteiger partial charge >= 0.3 is 0 Å². The summed E-state index contributed by atoms with van der Waals surface area (Å²) < 4.78 is 20.1. The van der Waals surface area contributed by atoms with Gasteiger partial charge in [-0.2, -0.15) is 0 Å². The van der Waals surface area contributed by atoms with Crippen molar-refractivity contribution in [2.45, 2.75) is 19.8 Å². The molecule has 26 heavy (non-hydrogen) atoms. The number of nitrogens with zero attached hydrogens (tertiary/aromatic N) is 1. The van der Waals surface area contributed by atoms with E-state index in [2.05, 4.69) is 4.90 Å². The van der Waals surface area contributed by atoms with Crippen LogP contribution in [0.1, 0.15) is 27.0 Å². The fourth-order valence-electron chi connectivity index (χ4n) is 3.20. The fraction of sp³-hybridized carbons (Fsp3) is 0.350. The maximum absolute atomic E-state index is 14.3. The van der Waals surface area contributed by atoms with Gasteiger partial charge in [0.25, 0.3) is 5.91 Å². The standard InChI is InChI=1S/C20H23FN2O3/c1-14-2-4-17(5-3-14)26-11-10-23-8-6-15-12-16(20(24)22-25)13-19(21)18(15)7-9-23/h2-5,12-13,25H,6-11H2,1H3,(H,22,24). The minimum absolute atomic E-state index is 0.139. The summed E-state index contributed by atoms with van der Waals surface area (Å²) >= 11 is 0. The van der Waals surface area contributed by atoms with E-state index >= 15 is 0 Å². The average molecular weight is 358 g/mol. The summed E-state index contributed by atoms with van der Waals surface area (Å²) in [7, 11) is 0. The molecule has 0 atom stereocenters. The fourth-order valence-corrected chi connectivity index (χ4v) is 3.20. The maximum Gasteiger partial charge on any atom is 0.274 e. The number of rotatable bonds is 5. The number of hydrogen-bond donors (Lipinski definition) is 2. The molecule has 1 amide bonds. The van der Waals surface area contributed by atoms with E-state index in [1.165, 1.54) is 11.6 Å². The Hall–Kier alpha value is -2.44. The van der Waals surface area contributed by atoms with Gasteiger partial charge in [-0.25, -0.2) is 9.87 Å². The van der Waals surface area contributed by atoms with Crippen LogP contribution >= 0.6 is 0 Å². The minimum Gasteiger partial charge on any atom is -0.492 e. The molecule has 138 valence electrons. The van der Waals surface area contributed by atoms with Crippen LogP contribution in [0.15, 0.2) is 36.4 Å². The van der Waals surface area contributed by atoms with Crippen LogP contribution in [0.25, 0.3) is 0 Å². The third-order valence-electron chi connectivity index (χ3n) is 4.72. The lowest BCUT2D eigenvalue weighted by atomic mass is 9.99. The summed E-state index contributed by atoms with van der Waals surface area (Å²) in [5.74, 6) is -0.238. The van der Waals surface area contributed by atoms with Crippen molar-refractivity contribution >= 4 is 5.91 Å². The van der Waals surface area contributed by atoms with Gasteiger partial charge in [-0.05, 0) is 55.2 Å². The zero-order valence-electron chi connectivity index (χ0n) is 14.8. The van der Waals surface area contributed by atoms with Gasteiger partial charge in [0.05, 0.1) is 0 Å². The van der Waals surface area contributed by atoms with Crippen molar-refractivity contribution < 1.29 is 19.1 Å². The molecule has 0 aliphatic carbocycles. The van der Waals surface area contributed by atoms with Crippen molar-refractivity contribution in [1.82, 2.24) is 10.4 Å². The van der Waals surface area contributed by atoms with Gasteiger partial charge in [0.1, 0.15) is 18.2 Å². The number of benzene rings is 2. The van der Waals surface area contributed by atoms with Crippen LogP contribution in [-0.4, -0.2) is 42.3 Å². The monoisotopic (exact) mass is 358 g/mol. The summed E-state index contributed by atoms with van der Waals surface area (Å²) in [6.07, 6.45) is 1.25. The van der Waals surface area contributed by atoms with Gasteiger partial charge < -0.3 is 4.74 Å². The van der Waals surface area contributed by atoms with E-state index in [-0.39, 0.29) is 11.4 Å². The van der Waals surface area contributed by atoms with Crippen LogP contribution in [0, 0.1) is 12.7 Å². The van der Waals surface area contributed by atoms with Crippen molar-refractivity contribution in [1.29, 1.82) is 0 Å². The van der Waals surface area contributed by atoms with E-state index in [4.69, 9.17) is 9.94 Å². The summed E-state index contributed by atoms with van der Waals surface area (Å²) in [5.41, 5.74) is 4.36. The third-order valence-corrected chi connectivity index (χ3v) is 4.72. The zero-order valence-corrected chi connectivity index (χ0v) is 14.8. The second-order valence-corrected chi connectivity index (χ2v) is 6.54. The van der Waals surface area contributed by atoms with E-state index < -0.39 is 5.91 Å². The summed E-state index contributed by atoms with van der Waals surface area (Å²) in [4.78, 5) is 13.8. The topological polar surface area (TPSA) is 61.8 Å². The minimum atomic E-state index is -0.695. The van der Waals surface area contributed by atoms with Crippen molar-refractivity contribution in [2.75, 3.05) is 26.2 Å². The number of fused-ring (bicyclic) bond motifs is 1. The summed E-state index contributed by atoms with van der Waals surface area (Å²) in [5, 5.41) is 8.74. The molecule has 1 aliphatic heterocycles. The van der Waals surface area contributed by atoms with Gasteiger partial charge in [-0.3, -0.25) is 14.9 Å². The largest absolute Gasteiger partial charge is 0.492 e. The highest BCUT2D eigenvalue weighted by Gasteiger charge is 2.19. The number of ether oxygens (including phenoxy) is 1. The SMILES string of the molecule is Cc1ccc(OCCN2CCc3cc(C(=O)NO)cc(F)c3CC2)cc1. The number of carbonyl (C=O) groups excluding carboxylic acids is 1. The molecule has 0 aromatic heterocycles. The molecular weight excluding hydrogens is 335 g/mol. The van der Waals surface area contributed by atoms with Gasteiger partial charge in [-0.1, -0.05) is 17.7 Å². The number of amides is 1. The molecule has 6 heteroatoms. The van der Waals surface area contributed by atoms with E-state index in [0.717, 1.165) is 30.9 Å². The lowest BCUT2D eigenvalue weighted by Gasteiger charge is -2.19. The molecule has 0 fully saturated rings. The zero-order chi connectivity index (χ0) is 18.5. The molecule has 5 nitrogen and oxygen atoms in total. The summed E-state index contributed by atoms with van der Waals surface area (Å²) in [6, 6.07) is 10.8. The van der Waals surface area contributed by atoms with Crippen LogP contribution in [0.5, 0.6) is 5.75 Å². The molecule has 0 saturated heterocycles. The van der Waals surface area contributed by atoms with E-state index in [0.29, 0.717) is 25.0 Å². The number of aryl methyl sites for hydroxylation is 1. The molecule has 2 aromatic carbocycles. The Morgan fingerprint density at radius 1 is 1.23 bits per heavy atom. The molecule has 0 saturated carbocycles. The first-order valence-electron chi connectivity index (χ1n) is 8.74. The van der Waals surface area contributed by atoms with Gasteiger partial charge in [-0.15, -0.1) is 0 Å². The Morgan fingerprint density at radius 3 is 2.69 bits per heavy atom. The molecule has 3 rings (SSSR count). The molecule has 2 aromatic rings. The van der Waals surface area contributed by atoms with Crippen LogP contribution in [0.2, 0.25) is 0 Å². The van der Waals surface area contributed by atoms with E-state index in [1.54, 1.807) is 11.5 Å². The highest BCUT2D eigenvalue weighted by Crippen LogP contribution is 2.21. The Kier molecular flexibility index (Phi) is 5.85. The normalized spacial score (nSPS) is 14.4. The first kappa shape index (κ1) is 18.4. The van der Waals surface area contributed by atoms with Crippen molar-refractivity contribution in [3.8, 4) is 5.75 Å². The molecule has 0 radical (unpaired) electrons. The first-order chi connectivity index (χ1) is 12.6. The van der Waals surface area contributed by atoms with Crippen LogP contribution in [0.3, 0.4) is 0 Å². The van der Waals surface area contributed by atoms with Gasteiger partial charge in [0.15, 0.2) is 0 Å². The van der Waals surface area contributed by atoms with Crippen LogP contribution in [0.4, 0.5) is 4.39 Å². The Bertz CT molecular complexity index is 777. The maximum atomic E-state index is 14.3. The smallest absolute Gasteiger partial charge is 0.274 e. The van der Waals surface area contributed by atoms with Crippen LogP contribution in [-0.2, 0) is 12.8 Å². The Balaban J connectivity index is 1.58. The van der Waals surface area contributed by atoms with Crippen LogP contribution < -0.4 is 10.2 Å². The van der Waals surface area contributed by atoms with Gasteiger partial charge in [0, 0.05) is 25.2 Å². The quantitative estimate of drug-likeness (QED) is 0.637. The van der Waals surface area contributed by atoms with Gasteiger partial charge in [0.2, 0.25) is 0 Å². The highest BCUT2D eigenvalue weighted by atomic mass is 19.1. The number of nitrogens with one attached hydrogen (secondary N) is 1. The second-order valence-electron chi connectivity index (χ2n) is 6.54. The van der Waals surface area contributed by atoms with E-state index in [9.17, 15) is 9.18 Å². The number of halogens is 1. The van der Waals surface area contributed by atoms with Crippen molar-refractivity contribution in [3.63, 3.8) is 0 Å². The molecular formula is C20H23FN2O3. The predicted octanol–water partition coefficient (Wildman–Crippen LogP) is 2.73. The molecule has 2 N–H and O–H groups in total. The number of carbonyl (C=O) groups is 1. The molecule has 1 aliphatic rings. The van der Waals surface area contributed by atoms with E-state index in [1.807, 2.05) is 31.2 Å². The summed E-state index contributed by atoms with van der Waals surface area (Å²) in [6.45, 7) is 4.88. The second kappa shape index (κ2) is 8.29. The first-order valence-corrected chi connectivity index (χ1v) is 8.74. The molecule has 0 bridgehead atoms. The lowest BCUT2D eigenvalue weighted by Crippen LogP contribution is -2.30. The Morgan fingerprint density at radius 2 is 1.96 bits per heavy atom. The van der Waals surface area contributed by atoms with Crippen molar-refractivity contribution in [3.05, 3.63) is 64.5 Å². The molecule has 1 heterocycles. The number of hydroxylamine groups is 1. The molecule has 0 spiro atoms. The predicted molar refractivity (Wildman–Crippen MR) is 96.2 cm³/mol. The number of hydrogen-bond acceptors (Lipinski definition) is 4. The Labute approximate surface area is 152 Å². The average Bonchev–Trinajstić information content (AvgIpc) is 2.85. The molecule has 0 unspecified atom stereocenters. The highest BCUT2D eigenvalue weighted by molar-refractivity contribution is 5.93.